The summed E-state index contributed by atoms with van der Waals surface area (Å²) in [5.74, 6) is -0.655. The topological polar surface area (TPSA) is 75.4 Å². The molecule has 1 fully saturated rings. The van der Waals surface area contributed by atoms with Gasteiger partial charge in [0.2, 0.25) is 5.91 Å². The third kappa shape index (κ3) is 4.03. The maximum atomic E-state index is 12.6. The summed E-state index contributed by atoms with van der Waals surface area (Å²) in [4.78, 5) is 26.8. The number of amides is 2. The summed E-state index contributed by atoms with van der Waals surface area (Å²) < 4.78 is 0. The molecule has 3 N–H and O–H groups in total. The molecule has 4 rings (SSSR count). The lowest BCUT2D eigenvalue weighted by Crippen LogP contribution is -2.30. The zero-order valence-corrected chi connectivity index (χ0v) is 16.2. The molecule has 2 aromatic rings. The van der Waals surface area contributed by atoms with Crippen LogP contribution in [0.4, 0.5) is 11.4 Å². The maximum absolute atomic E-state index is 12.6. The molecule has 0 aromatic heterocycles. The molecule has 146 valence electrons. The first-order chi connectivity index (χ1) is 13.6. The molecule has 2 aliphatic rings. The number of carbonyl (C=O) groups excluding carboxylic acids is 2. The zero-order chi connectivity index (χ0) is 19.5. The molecular formula is C23H27N3O2. The molecular weight excluding hydrogens is 350 g/mol. The molecule has 0 saturated carbocycles. The van der Waals surface area contributed by atoms with E-state index in [0.29, 0.717) is 17.7 Å². The van der Waals surface area contributed by atoms with Crippen molar-refractivity contribution in [1.82, 2.24) is 0 Å². The van der Waals surface area contributed by atoms with E-state index in [0.717, 1.165) is 50.0 Å². The number of nitrogens with two attached hydrogens (primary N) is 1. The van der Waals surface area contributed by atoms with E-state index < -0.39 is 5.91 Å². The van der Waals surface area contributed by atoms with Gasteiger partial charge in [-0.1, -0.05) is 18.2 Å². The van der Waals surface area contributed by atoms with Crippen LogP contribution >= 0.6 is 0 Å². The Morgan fingerprint density at radius 1 is 0.929 bits per heavy atom. The number of piperidine rings is 1. The molecule has 0 radical (unpaired) electrons. The molecule has 1 aliphatic heterocycles. The number of fused-ring (bicyclic) bond motifs is 1. The predicted molar refractivity (Wildman–Crippen MR) is 112 cm³/mol. The molecule has 0 atom stereocenters. The molecule has 1 saturated heterocycles. The van der Waals surface area contributed by atoms with Crippen molar-refractivity contribution in [1.29, 1.82) is 0 Å². The number of benzene rings is 2. The molecule has 1 aliphatic carbocycles. The van der Waals surface area contributed by atoms with Crippen molar-refractivity contribution in [2.75, 3.05) is 23.3 Å². The highest BCUT2D eigenvalue weighted by atomic mass is 16.2. The Morgan fingerprint density at radius 2 is 1.71 bits per heavy atom. The minimum Gasteiger partial charge on any atom is -0.372 e. The van der Waals surface area contributed by atoms with Crippen LogP contribution in [0.3, 0.4) is 0 Å². The fraction of sp³-hybridized carbons (Fsp3) is 0.391. The van der Waals surface area contributed by atoms with Crippen LogP contribution in [-0.4, -0.2) is 24.9 Å². The summed E-state index contributed by atoms with van der Waals surface area (Å²) in [5.41, 5.74) is 11.2. The van der Waals surface area contributed by atoms with Crippen LogP contribution in [-0.2, 0) is 24.1 Å². The second kappa shape index (κ2) is 8.05. The van der Waals surface area contributed by atoms with Crippen LogP contribution in [0.25, 0.3) is 0 Å². The largest absolute Gasteiger partial charge is 0.372 e. The van der Waals surface area contributed by atoms with Gasteiger partial charge in [0.25, 0.3) is 5.91 Å². The molecule has 28 heavy (non-hydrogen) atoms. The van der Waals surface area contributed by atoms with E-state index in [1.165, 1.54) is 24.0 Å². The first kappa shape index (κ1) is 18.5. The first-order valence-corrected chi connectivity index (χ1v) is 10.2. The molecule has 0 bridgehead atoms. The Balaban J connectivity index is 1.48. The lowest BCUT2D eigenvalue weighted by Gasteiger charge is -2.29. The van der Waals surface area contributed by atoms with Crippen molar-refractivity contribution in [2.24, 2.45) is 5.73 Å². The summed E-state index contributed by atoms with van der Waals surface area (Å²) in [6, 6.07) is 11.9. The summed E-state index contributed by atoms with van der Waals surface area (Å²) in [6.45, 7) is 1.98. The minimum absolute atomic E-state index is 0.133. The van der Waals surface area contributed by atoms with Gasteiger partial charge in [-0.25, -0.2) is 0 Å². The number of hydrogen-bond acceptors (Lipinski definition) is 3. The highest BCUT2D eigenvalue weighted by Gasteiger charge is 2.17. The van der Waals surface area contributed by atoms with E-state index in [2.05, 4.69) is 22.3 Å². The SMILES string of the molecule is NC(=O)c1cc(N2CCCCC2)ccc1NC(=O)Cc1ccc2c(c1)CCC2. The third-order valence-corrected chi connectivity index (χ3v) is 5.79. The van der Waals surface area contributed by atoms with Gasteiger partial charge >= 0.3 is 0 Å². The van der Waals surface area contributed by atoms with Gasteiger partial charge in [-0.2, -0.15) is 0 Å². The van der Waals surface area contributed by atoms with Gasteiger partial charge < -0.3 is 16.0 Å². The van der Waals surface area contributed by atoms with Crippen molar-refractivity contribution in [3.63, 3.8) is 0 Å². The molecule has 1 heterocycles. The van der Waals surface area contributed by atoms with E-state index in [4.69, 9.17) is 5.73 Å². The van der Waals surface area contributed by atoms with E-state index >= 15 is 0 Å². The van der Waals surface area contributed by atoms with Crippen LogP contribution in [0, 0.1) is 0 Å². The molecule has 5 nitrogen and oxygen atoms in total. The van der Waals surface area contributed by atoms with Gasteiger partial charge in [0.05, 0.1) is 17.7 Å². The van der Waals surface area contributed by atoms with Crippen LogP contribution < -0.4 is 16.0 Å². The van der Waals surface area contributed by atoms with Crippen LogP contribution in [0.1, 0.15) is 52.7 Å². The lowest BCUT2D eigenvalue weighted by molar-refractivity contribution is -0.115. The van der Waals surface area contributed by atoms with Crippen LogP contribution in [0.15, 0.2) is 36.4 Å². The van der Waals surface area contributed by atoms with Crippen LogP contribution in [0.2, 0.25) is 0 Å². The van der Waals surface area contributed by atoms with Gasteiger partial charge in [0.15, 0.2) is 0 Å². The average Bonchev–Trinajstić information content (AvgIpc) is 3.16. The van der Waals surface area contributed by atoms with Crippen molar-refractivity contribution in [3.05, 3.63) is 58.7 Å². The number of carbonyl (C=O) groups is 2. The molecule has 0 spiro atoms. The Morgan fingerprint density at radius 3 is 2.50 bits per heavy atom. The minimum atomic E-state index is -0.522. The summed E-state index contributed by atoms with van der Waals surface area (Å²) in [6.07, 6.45) is 7.27. The maximum Gasteiger partial charge on any atom is 0.250 e. The van der Waals surface area contributed by atoms with E-state index in [1.54, 1.807) is 12.1 Å². The predicted octanol–water partition coefficient (Wildman–Crippen LogP) is 3.45. The fourth-order valence-electron chi connectivity index (χ4n) is 4.31. The number of primary amides is 1. The van der Waals surface area contributed by atoms with Crippen molar-refractivity contribution < 1.29 is 9.59 Å². The highest BCUT2D eigenvalue weighted by molar-refractivity contribution is 6.04. The second-order valence-electron chi connectivity index (χ2n) is 7.82. The number of nitrogens with one attached hydrogen (secondary N) is 1. The summed E-state index contributed by atoms with van der Waals surface area (Å²) >= 11 is 0. The molecule has 2 aromatic carbocycles. The molecule has 2 amide bonds. The smallest absolute Gasteiger partial charge is 0.250 e. The Hall–Kier alpha value is -2.82. The zero-order valence-electron chi connectivity index (χ0n) is 16.2. The van der Waals surface area contributed by atoms with Gasteiger partial charge in [-0.3, -0.25) is 9.59 Å². The first-order valence-electron chi connectivity index (χ1n) is 10.2. The van der Waals surface area contributed by atoms with Crippen molar-refractivity contribution in [2.45, 2.75) is 44.9 Å². The monoisotopic (exact) mass is 377 g/mol. The number of anilines is 2. The van der Waals surface area contributed by atoms with E-state index in [-0.39, 0.29) is 5.91 Å². The van der Waals surface area contributed by atoms with Crippen LogP contribution in [0.5, 0.6) is 0 Å². The van der Waals surface area contributed by atoms with Gasteiger partial charge in [0, 0.05) is 18.8 Å². The van der Waals surface area contributed by atoms with E-state index in [1.807, 2.05) is 12.1 Å². The summed E-state index contributed by atoms with van der Waals surface area (Å²) in [5, 5.41) is 2.88. The standard InChI is InChI=1S/C23H27N3O2/c24-23(28)20-15-19(26-11-2-1-3-12-26)9-10-21(20)25-22(27)14-16-7-8-17-5-4-6-18(17)13-16/h7-10,13,15H,1-6,11-12,14H2,(H2,24,28)(H,25,27). The van der Waals surface area contributed by atoms with E-state index in [9.17, 15) is 9.59 Å². The summed E-state index contributed by atoms with van der Waals surface area (Å²) in [7, 11) is 0. The second-order valence-corrected chi connectivity index (χ2v) is 7.82. The number of hydrogen-bond donors (Lipinski definition) is 2. The quantitative estimate of drug-likeness (QED) is 0.838. The number of rotatable bonds is 5. The Kier molecular flexibility index (Phi) is 5.33. The lowest BCUT2D eigenvalue weighted by atomic mass is 10.0. The molecule has 0 unspecified atom stereocenters. The van der Waals surface area contributed by atoms with Crippen molar-refractivity contribution >= 4 is 23.2 Å². The number of aryl methyl sites for hydroxylation is 2. The fourth-order valence-corrected chi connectivity index (χ4v) is 4.31. The van der Waals surface area contributed by atoms with Gasteiger partial charge in [-0.15, -0.1) is 0 Å². The molecule has 5 heteroatoms. The van der Waals surface area contributed by atoms with Gasteiger partial charge in [0.1, 0.15) is 0 Å². The average molecular weight is 377 g/mol. The Bertz CT molecular complexity index is 901. The number of nitrogens with zero attached hydrogens (tertiary/aromatic N) is 1. The Labute approximate surface area is 165 Å². The highest BCUT2D eigenvalue weighted by Crippen LogP contribution is 2.26. The van der Waals surface area contributed by atoms with Gasteiger partial charge in [-0.05, 0) is 73.4 Å². The third-order valence-electron chi connectivity index (χ3n) is 5.79. The van der Waals surface area contributed by atoms with Crippen molar-refractivity contribution in [3.8, 4) is 0 Å². The normalized spacial score (nSPS) is 15.9.